The zero-order valence-electron chi connectivity index (χ0n) is 13.6. The van der Waals surface area contributed by atoms with Crippen LogP contribution in [0.15, 0.2) is 35.2 Å². The first kappa shape index (κ1) is 17.6. The third kappa shape index (κ3) is 2.59. The van der Waals surface area contributed by atoms with Gasteiger partial charge in [0.1, 0.15) is 5.82 Å². The summed E-state index contributed by atoms with van der Waals surface area (Å²) in [5.74, 6) is -1.77. The Kier molecular flexibility index (Phi) is 4.17. The van der Waals surface area contributed by atoms with E-state index in [1.165, 1.54) is 9.21 Å². The summed E-state index contributed by atoms with van der Waals surface area (Å²) in [6, 6.07) is 2.76. The van der Waals surface area contributed by atoms with E-state index in [1.807, 2.05) is 12.2 Å². The molecule has 0 radical (unpaired) electrons. The number of hydrogen-bond donors (Lipinski definition) is 0. The molecule has 0 N–H and O–H groups in total. The Hall–Kier alpha value is -1.77. The molecule has 26 heavy (non-hydrogen) atoms. The molecule has 6 nitrogen and oxygen atoms in total. The van der Waals surface area contributed by atoms with Crippen LogP contribution >= 0.6 is 11.6 Å². The maximum atomic E-state index is 13.3. The van der Waals surface area contributed by atoms with Crippen LogP contribution in [0.2, 0.25) is 5.02 Å². The number of nitrogens with zero attached hydrogens (tertiary/aromatic N) is 2. The van der Waals surface area contributed by atoms with Gasteiger partial charge in [0.05, 0.1) is 27.8 Å². The summed E-state index contributed by atoms with van der Waals surface area (Å²) in [6.45, 7) is 0.0867. The van der Waals surface area contributed by atoms with Gasteiger partial charge < -0.3 is 0 Å². The number of carbonyl (C=O) groups is 2. The minimum atomic E-state index is -3.84. The molecule has 2 saturated heterocycles. The lowest BCUT2D eigenvalue weighted by Crippen LogP contribution is -2.62. The van der Waals surface area contributed by atoms with Gasteiger partial charge in [-0.15, -0.1) is 0 Å². The van der Waals surface area contributed by atoms with Gasteiger partial charge in [-0.1, -0.05) is 23.8 Å². The number of amides is 2. The van der Waals surface area contributed by atoms with Gasteiger partial charge in [0.25, 0.3) is 0 Å². The van der Waals surface area contributed by atoms with Crippen molar-refractivity contribution in [2.75, 3.05) is 13.1 Å². The van der Waals surface area contributed by atoms with Gasteiger partial charge in [-0.05, 0) is 31.0 Å². The zero-order valence-corrected chi connectivity index (χ0v) is 15.2. The maximum Gasteiger partial charge on any atom is 0.243 e. The smallest absolute Gasteiger partial charge is 0.243 e. The Balaban J connectivity index is 1.49. The highest BCUT2D eigenvalue weighted by Gasteiger charge is 2.53. The fourth-order valence-corrected chi connectivity index (χ4v) is 5.54. The Morgan fingerprint density at radius 1 is 1.04 bits per heavy atom. The lowest BCUT2D eigenvalue weighted by molar-refractivity contribution is -0.145. The van der Waals surface area contributed by atoms with E-state index in [0.29, 0.717) is 12.8 Å². The molecule has 0 aromatic heterocycles. The third-order valence-corrected chi connectivity index (χ3v) is 7.38. The Labute approximate surface area is 155 Å². The molecule has 0 saturated carbocycles. The summed E-state index contributed by atoms with van der Waals surface area (Å²) < 4.78 is 39.6. The van der Waals surface area contributed by atoms with E-state index in [4.69, 9.17) is 11.6 Å². The van der Waals surface area contributed by atoms with E-state index < -0.39 is 21.9 Å². The van der Waals surface area contributed by atoms with Crippen molar-refractivity contribution in [3.8, 4) is 0 Å². The normalized spacial score (nSPS) is 26.9. The summed E-state index contributed by atoms with van der Waals surface area (Å²) in [5.41, 5.74) is 0. The van der Waals surface area contributed by atoms with Gasteiger partial charge in [0.15, 0.2) is 0 Å². The summed E-state index contributed by atoms with van der Waals surface area (Å²) in [4.78, 5) is 26.2. The van der Waals surface area contributed by atoms with E-state index in [0.717, 1.165) is 18.2 Å². The second kappa shape index (κ2) is 6.14. The number of hydrogen-bond acceptors (Lipinski definition) is 4. The molecule has 2 unspecified atom stereocenters. The van der Waals surface area contributed by atoms with Crippen molar-refractivity contribution >= 4 is 33.4 Å². The third-order valence-electron chi connectivity index (χ3n) is 5.26. The molecule has 1 aliphatic carbocycles. The molecule has 9 heteroatoms. The predicted octanol–water partition coefficient (Wildman–Crippen LogP) is 1.80. The minimum Gasteiger partial charge on any atom is -0.276 e. The largest absolute Gasteiger partial charge is 0.276 e. The molecule has 1 aromatic rings. The van der Waals surface area contributed by atoms with Crippen LogP contribution in [0.25, 0.3) is 0 Å². The quantitative estimate of drug-likeness (QED) is 0.575. The van der Waals surface area contributed by atoms with Crippen molar-refractivity contribution in [1.29, 1.82) is 0 Å². The molecule has 2 atom stereocenters. The molecule has 0 spiro atoms. The topological polar surface area (TPSA) is 74.8 Å². The van der Waals surface area contributed by atoms with Gasteiger partial charge in [-0.25, -0.2) is 12.8 Å². The van der Waals surface area contributed by atoms with Crippen molar-refractivity contribution < 1.29 is 22.4 Å². The van der Waals surface area contributed by atoms with Crippen molar-refractivity contribution in [3.05, 3.63) is 41.2 Å². The van der Waals surface area contributed by atoms with E-state index in [1.54, 1.807) is 0 Å². The molecule has 138 valence electrons. The highest BCUT2D eigenvalue weighted by atomic mass is 35.5. The van der Waals surface area contributed by atoms with Gasteiger partial charge >= 0.3 is 0 Å². The number of fused-ring (bicyclic) bond motifs is 1. The number of rotatable bonds is 3. The standard InChI is InChI=1S/C17H16ClFN2O4S/c18-14-7-11(5-6-15(14)19)26(24,25)20-8-10(9-20)21-16(22)12-3-1-2-4-13(12)17(21)23/h1-2,5-7,10,12-13H,3-4,8-9H2. The van der Waals surface area contributed by atoms with Crippen molar-refractivity contribution in [1.82, 2.24) is 9.21 Å². The summed E-state index contributed by atoms with van der Waals surface area (Å²) in [6.07, 6.45) is 4.92. The van der Waals surface area contributed by atoms with Crippen LogP contribution in [0.5, 0.6) is 0 Å². The second-order valence-corrected chi connectivity index (χ2v) is 9.10. The summed E-state index contributed by atoms with van der Waals surface area (Å²) in [5, 5.41) is -0.273. The van der Waals surface area contributed by atoms with Crippen LogP contribution < -0.4 is 0 Å². The first-order chi connectivity index (χ1) is 12.3. The average molecular weight is 399 g/mol. The van der Waals surface area contributed by atoms with Gasteiger partial charge in [-0.2, -0.15) is 4.31 Å². The number of imide groups is 1. The lowest BCUT2D eigenvalue weighted by Gasteiger charge is -2.42. The Bertz CT molecular complexity index is 901. The van der Waals surface area contributed by atoms with Gasteiger partial charge in [0.2, 0.25) is 21.8 Å². The van der Waals surface area contributed by atoms with E-state index in [2.05, 4.69) is 0 Å². The molecule has 4 rings (SSSR count). The van der Waals surface area contributed by atoms with Gasteiger partial charge in [0, 0.05) is 13.1 Å². The molecular formula is C17H16ClFN2O4S. The number of halogens is 2. The molecule has 3 aliphatic rings. The highest BCUT2D eigenvalue weighted by molar-refractivity contribution is 7.89. The fraction of sp³-hybridized carbons (Fsp3) is 0.412. The molecule has 2 heterocycles. The number of sulfonamides is 1. The average Bonchev–Trinajstić information content (AvgIpc) is 2.81. The number of allylic oxidation sites excluding steroid dienone is 2. The fourth-order valence-electron chi connectivity index (χ4n) is 3.75. The van der Waals surface area contributed by atoms with Crippen LogP contribution in [-0.4, -0.2) is 48.6 Å². The zero-order chi connectivity index (χ0) is 18.6. The SMILES string of the molecule is O=C1C2CC=CCC2C(=O)N1C1CN(S(=O)(=O)c2ccc(F)c(Cl)c2)C1. The molecule has 0 bridgehead atoms. The van der Waals surface area contributed by atoms with Crippen molar-refractivity contribution in [2.45, 2.75) is 23.8 Å². The first-order valence-electron chi connectivity index (χ1n) is 8.28. The van der Waals surface area contributed by atoms with Crippen LogP contribution in [0.4, 0.5) is 4.39 Å². The Morgan fingerprint density at radius 2 is 1.62 bits per heavy atom. The first-order valence-corrected chi connectivity index (χ1v) is 10.1. The number of carbonyl (C=O) groups excluding carboxylic acids is 2. The maximum absolute atomic E-state index is 13.3. The van der Waals surface area contributed by atoms with Crippen LogP contribution in [0.1, 0.15) is 12.8 Å². The van der Waals surface area contributed by atoms with Crippen LogP contribution in [0, 0.1) is 17.7 Å². The van der Waals surface area contributed by atoms with Crippen molar-refractivity contribution in [2.24, 2.45) is 11.8 Å². The van der Waals surface area contributed by atoms with Gasteiger partial charge in [-0.3, -0.25) is 14.5 Å². The molecule has 2 amide bonds. The monoisotopic (exact) mass is 398 g/mol. The molecule has 2 aliphatic heterocycles. The Morgan fingerprint density at radius 3 is 2.15 bits per heavy atom. The predicted molar refractivity (Wildman–Crippen MR) is 91.2 cm³/mol. The van der Waals surface area contributed by atoms with E-state index >= 15 is 0 Å². The molecular weight excluding hydrogens is 383 g/mol. The highest BCUT2D eigenvalue weighted by Crippen LogP contribution is 2.38. The summed E-state index contributed by atoms with van der Waals surface area (Å²) in [7, 11) is -3.84. The number of likely N-dealkylation sites (tertiary alicyclic amines) is 1. The molecule has 2 fully saturated rings. The van der Waals surface area contributed by atoms with Crippen LogP contribution in [0.3, 0.4) is 0 Å². The second-order valence-electron chi connectivity index (χ2n) is 6.75. The minimum absolute atomic E-state index is 0.0433. The molecule has 1 aromatic carbocycles. The summed E-state index contributed by atoms with van der Waals surface area (Å²) >= 11 is 5.66. The van der Waals surface area contributed by atoms with E-state index in [-0.39, 0.29) is 46.7 Å². The lowest BCUT2D eigenvalue weighted by atomic mass is 9.85. The van der Waals surface area contributed by atoms with Crippen molar-refractivity contribution in [3.63, 3.8) is 0 Å². The number of benzene rings is 1. The van der Waals surface area contributed by atoms with E-state index in [9.17, 15) is 22.4 Å². The van der Waals surface area contributed by atoms with Crippen LogP contribution in [-0.2, 0) is 19.6 Å².